The first-order chi connectivity index (χ1) is 13.3. The predicted octanol–water partition coefficient (Wildman–Crippen LogP) is 1.42. The SMILES string of the molecule is CC(C)(C)OC(=O)NCCOCCO.CN(CCOCCO)C(=O)OC(C)(C)C.Cl.[K].[W]. The molecule has 0 bridgehead atoms. The third-order valence-corrected chi connectivity index (χ3v) is 2.66. The van der Waals surface area contributed by atoms with Gasteiger partial charge in [0.05, 0.1) is 39.6 Å². The molecule has 3 N–H and O–H groups in total. The Morgan fingerprint density at radius 1 is 0.844 bits per heavy atom. The van der Waals surface area contributed by atoms with Gasteiger partial charge < -0.3 is 39.4 Å². The largest absolute Gasteiger partial charge is 0.444 e. The molecule has 0 fully saturated rings. The van der Waals surface area contributed by atoms with E-state index >= 15 is 0 Å². The molecule has 189 valence electrons. The van der Waals surface area contributed by atoms with E-state index < -0.39 is 17.3 Å². The number of nitrogens with zero attached hydrogens (tertiary/aromatic N) is 1. The zero-order valence-electron chi connectivity index (χ0n) is 20.8. The second kappa shape index (κ2) is 25.1. The molecule has 0 atom stereocenters. The first-order valence-corrected chi connectivity index (χ1v) is 9.60. The van der Waals surface area contributed by atoms with Crippen LogP contribution in [-0.2, 0) is 40.0 Å². The average Bonchev–Trinajstić information content (AvgIpc) is 2.56. The molecule has 0 saturated carbocycles. The van der Waals surface area contributed by atoms with Crippen molar-refractivity contribution in [1.82, 2.24) is 10.2 Å². The van der Waals surface area contributed by atoms with Crippen molar-refractivity contribution in [3.05, 3.63) is 0 Å². The number of aliphatic hydroxyl groups excluding tert-OH is 2. The van der Waals surface area contributed by atoms with Gasteiger partial charge in [-0.05, 0) is 41.5 Å². The minimum atomic E-state index is -0.476. The molecule has 0 spiro atoms. The molecule has 0 unspecified atom stereocenters. The van der Waals surface area contributed by atoms with Gasteiger partial charge in [0.25, 0.3) is 0 Å². The number of likely N-dealkylation sites (N-methyl/N-ethyl adjacent to an activating group) is 1. The van der Waals surface area contributed by atoms with E-state index in [9.17, 15) is 9.59 Å². The zero-order chi connectivity index (χ0) is 22.9. The number of carbonyl (C=O) groups is 2. The third kappa shape index (κ3) is 35.6. The fraction of sp³-hybridized carbons (Fsp3) is 0.895. The fourth-order valence-corrected chi connectivity index (χ4v) is 1.51. The number of alkyl carbamates (subject to hydrolysis) is 1. The first kappa shape index (κ1) is 43.1. The standard InChI is InChI=1S/C10H21NO4.C9H19NO4.ClH.K.W/c1-10(2,3)15-9(13)11(4)5-7-14-8-6-12;1-9(2,3)14-8(12)10-4-6-13-7-5-11;;;/h12H,5-8H2,1-4H3;11H,4-7H2,1-3H3,(H,10,12);1H;;. The molecular formula is C19H41ClKN2O8W. The van der Waals surface area contributed by atoms with E-state index in [-0.39, 0.29) is 111 Å². The quantitative estimate of drug-likeness (QED) is 0.233. The maximum Gasteiger partial charge on any atom is 0.410 e. The number of aliphatic hydroxyl groups is 2. The maximum absolute atomic E-state index is 11.4. The van der Waals surface area contributed by atoms with Gasteiger partial charge in [-0.3, -0.25) is 0 Å². The molecule has 13 heteroatoms. The summed E-state index contributed by atoms with van der Waals surface area (Å²) in [5, 5.41) is 19.4. The number of carbonyl (C=O) groups excluding carboxylic acids is 2. The second-order valence-electron chi connectivity index (χ2n) is 8.00. The number of nitrogens with one attached hydrogen (secondary N) is 1. The Hall–Kier alpha value is 0.995. The molecule has 0 aliphatic carbocycles. The summed E-state index contributed by atoms with van der Waals surface area (Å²) in [6.07, 6.45) is -0.819. The number of ether oxygens (including phenoxy) is 4. The van der Waals surface area contributed by atoms with Crippen molar-refractivity contribution in [3.8, 4) is 0 Å². The van der Waals surface area contributed by atoms with Crippen LogP contribution in [0.1, 0.15) is 41.5 Å². The van der Waals surface area contributed by atoms with E-state index in [1.165, 1.54) is 4.90 Å². The van der Waals surface area contributed by atoms with Crippen LogP contribution in [0.2, 0.25) is 0 Å². The minimum Gasteiger partial charge on any atom is -0.444 e. The molecule has 0 rings (SSSR count). The van der Waals surface area contributed by atoms with Gasteiger partial charge in [0.2, 0.25) is 0 Å². The molecule has 0 aliphatic heterocycles. The van der Waals surface area contributed by atoms with Gasteiger partial charge in [-0.15, -0.1) is 12.4 Å². The van der Waals surface area contributed by atoms with E-state index in [2.05, 4.69) is 5.32 Å². The monoisotopic (exact) mass is 683 g/mol. The predicted molar refractivity (Wildman–Crippen MR) is 122 cm³/mol. The summed E-state index contributed by atoms with van der Waals surface area (Å²) in [5.74, 6) is 0. The average molecular weight is 684 g/mol. The summed E-state index contributed by atoms with van der Waals surface area (Å²) in [6, 6.07) is 0. The van der Waals surface area contributed by atoms with E-state index in [1.807, 2.05) is 20.8 Å². The topological polar surface area (TPSA) is 127 Å². The second-order valence-corrected chi connectivity index (χ2v) is 8.00. The summed E-state index contributed by atoms with van der Waals surface area (Å²) < 4.78 is 20.1. The van der Waals surface area contributed by atoms with Gasteiger partial charge in [-0.25, -0.2) is 9.59 Å². The van der Waals surface area contributed by atoms with Gasteiger partial charge in [0.15, 0.2) is 0 Å². The van der Waals surface area contributed by atoms with Crippen LogP contribution >= 0.6 is 12.4 Å². The van der Waals surface area contributed by atoms with Gasteiger partial charge in [-0.1, -0.05) is 0 Å². The Kier molecular flexibility index (Phi) is 33.8. The van der Waals surface area contributed by atoms with Gasteiger partial charge in [-0.2, -0.15) is 0 Å². The molecule has 32 heavy (non-hydrogen) atoms. The molecule has 0 heterocycles. The molecular weight excluding hydrogens is 643 g/mol. The van der Waals surface area contributed by atoms with E-state index in [1.54, 1.807) is 27.8 Å². The molecule has 1 radical (unpaired) electrons. The van der Waals surface area contributed by atoms with Crippen molar-refractivity contribution in [1.29, 1.82) is 0 Å². The summed E-state index contributed by atoms with van der Waals surface area (Å²) in [4.78, 5) is 23.9. The third-order valence-electron chi connectivity index (χ3n) is 2.66. The summed E-state index contributed by atoms with van der Waals surface area (Å²) in [6.45, 7) is 13.0. The van der Waals surface area contributed by atoms with Crippen molar-refractivity contribution in [3.63, 3.8) is 0 Å². The van der Waals surface area contributed by atoms with Crippen LogP contribution in [-0.4, -0.2) is 150 Å². The molecule has 0 aromatic rings. The maximum atomic E-state index is 11.4. The molecule has 2 amide bonds. The molecule has 0 aliphatic rings. The van der Waals surface area contributed by atoms with E-state index in [4.69, 9.17) is 29.2 Å². The van der Waals surface area contributed by atoms with Crippen LogP contribution in [0, 0.1) is 0 Å². The Balaban J connectivity index is -0.000000139. The minimum absolute atomic E-state index is 0. The number of hydrogen-bond acceptors (Lipinski definition) is 8. The van der Waals surface area contributed by atoms with Crippen molar-refractivity contribution >= 4 is 76.0 Å². The Morgan fingerprint density at radius 2 is 1.28 bits per heavy atom. The first-order valence-electron chi connectivity index (χ1n) is 9.60. The van der Waals surface area contributed by atoms with Crippen molar-refractivity contribution < 1.29 is 59.8 Å². The van der Waals surface area contributed by atoms with Crippen LogP contribution in [0.5, 0.6) is 0 Å². The van der Waals surface area contributed by atoms with Crippen LogP contribution < -0.4 is 5.32 Å². The molecule has 0 aromatic carbocycles. The van der Waals surface area contributed by atoms with Gasteiger partial charge in [0.1, 0.15) is 11.2 Å². The molecule has 10 nitrogen and oxygen atoms in total. The smallest absolute Gasteiger partial charge is 0.410 e. The summed E-state index contributed by atoms with van der Waals surface area (Å²) >= 11 is 0. The van der Waals surface area contributed by atoms with Gasteiger partial charge in [0, 0.05) is 92.6 Å². The molecule has 0 saturated heterocycles. The van der Waals surface area contributed by atoms with Crippen molar-refractivity contribution in [2.75, 3.05) is 59.8 Å². The summed E-state index contributed by atoms with van der Waals surface area (Å²) in [5.41, 5.74) is -0.951. The van der Waals surface area contributed by atoms with E-state index in [0.29, 0.717) is 32.9 Å². The zero-order valence-corrected chi connectivity index (χ0v) is 27.6. The van der Waals surface area contributed by atoms with Crippen LogP contribution in [0.3, 0.4) is 0 Å². The fourth-order valence-electron chi connectivity index (χ4n) is 1.51. The Morgan fingerprint density at radius 3 is 1.69 bits per heavy atom. The van der Waals surface area contributed by atoms with Crippen LogP contribution in [0.4, 0.5) is 9.59 Å². The molecule has 0 aromatic heterocycles. The number of halogens is 1. The number of amides is 2. The normalized spacial score (nSPS) is 10.2. The number of rotatable bonds is 10. The number of hydrogen-bond donors (Lipinski definition) is 3. The van der Waals surface area contributed by atoms with Gasteiger partial charge >= 0.3 is 12.2 Å². The van der Waals surface area contributed by atoms with E-state index in [0.717, 1.165) is 0 Å². The van der Waals surface area contributed by atoms with Crippen molar-refractivity contribution in [2.24, 2.45) is 0 Å². The van der Waals surface area contributed by atoms with Crippen LogP contribution in [0.15, 0.2) is 0 Å². The Labute approximate surface area is 255 Å². The van der Waals surface area contributed by atoms with Crippen molar-refractivity contribution in [2.45, 2.75) is 52.7 Å². The van der Waals surface area contributed by atoms with Crippen LogP contribution in [0.25, 0.3) is 0 Å². The Bertz CT molecular complexity index is 452. The summed E-state index contributed by atoms with van der Waals surface area (Å²) in [7, 11) is 1.65.